The Hall–Kier alpha value is -0.320. The van der Waals surface area contributed by atoms with E-state index in [4.69, 9.17) is 4.74 Å². The first-order chi connectivity index (χ1) is 7.36. The van der Waals surface area contributed by atoms with Crippen LogP contribution >= 0.6 is 12.4 Å². The molecule has 1 amide bonds. The Kier molecular flexibility index (Phi) is 6.09. The quantitative estimate of drug-likeness (QED) is 0.676. The standard InChI is InChI=1S/C11H20N2O2.ClH/c14-11(10-3-4-12-7-10)13-5-6-15-8-9-1-2-9;/h9-10,12H,1-8H2,(H,13,14);1H. The molecule has 2 aliphatic rings. The third kappa shape index (κ3) is 4.68. The molecule has 1 atom stereocenters. The largest absolute Gasteiger partial charge is 0.379 e. The fourth-order valence-electron chi connectivity index (χ4n) is 1.80. The van der Waals surface area contributed by atoms with Gasteiger partial charge in [0.15, 0.2) is 0 Å². The van der Waals surface area contributed by atoms with E-state index in [9.17, 15) is 4.79 Å². The van der Waals surface area contributed by atoms with Crippen molar-refractivity contribution >= 4 is 18.3 Å². The summed E-state index contributed by atoms with van der Waals surface area (Å²) in [6.07, 6.45) is 3.61. The van der Waals surface area contributed by atoms with Crippen LogP contribution in [0.3, 0.4) is 0 Å². The molecule has 0 bridgehead atoms. The van der Waals surface area contributed by atoms with Gasteiger partial charge in [0.1, 0.15) is 0 Å². The van der Waals surface area contributed by atoms with E-state index in [2.05, 4.69) is 10.6 Å². The summed E-state index contributed by atoms with van der Waals surface area (Å²) >= 11 is 0. The SMILES string of the molecule is Cl.O=C(NCCOCC1CC1)C1CCNC1. The molecule has 1 unspecified atom stereocenters. The van der Waals surface area contributed by atoms with E-state index in [0.29, 0.717) is 13.2 Å². The van der Waals surface area contributed by atoms with Gasteiger partial charge < -0.3 is 15.4 Å². The van der Waals surface area contributed by atoms with E-state index in [-0.39, 0.29) is 24.2 Å². The van der Waals surface area contributed by atoms with Crippen molar-refractivity contribution in [3.05, 3.63) is 0 Å². The molecule has 1 heterocycles. The smallest absolute Gasteiger partial charge is 0.224 e. The lowest BCUT2D eigenvalue weighted by molar-refractivity contribution is -0.124. The van der Waals surface area contributed by atoms with Crippen LogP contribution in [-0.2, 0) is 9.53 Å². The van der Waals surface area contributed by atoms with Gasteiger partial charge in [-0.05, 0) is 31.7 Å². The maximum Gasteiger partial charge on any atom is 0.224 e. The highest BCUT2D eigenvalue weighted by Crippen LogP contribution is 2.28. The van der Waals surface area contributed by atoms with Crippen LogP contribution < -0.4 is 10.6 Å². The topological polar surface area (TPSA) is 50.4 Å². The summed E-state index contributed by atoms with van der Waals surface area (Å²) < 4.78 is 5.44. The summed E-state index contributed by atoms with van der Waals surface area (Å²) in [6.45, 7) is 3.98. The second kappa shape index (κ2) is 7.09. The first kappa shape index (κ1) is 13.7. The Morgan fingerprint density at radius 2 is 2.19 bits per heavy atom. The molecule has 0 aromatic carbocycles. The highest BCUT2D eigenvalue weighted by atomic mass is 35.5. The van der Waals surface area contributed by atoms with Crippen molar-refractivity contribution in [2.24, 2.45) is 11.8 Å². The van der Waals surface area contributed by atoms with Crippen LogP contribution in [-0.4, -0.2) is 38.8 Å². The lowest BCUT2D eigenvalue weighted by Gasteiger charge is -2.09. The van der Waals surface area contributed by atoms with Crippen LogP contribution in [0.5, 0.6) is 0 Å². The van der Waals surface area contributed by atoms with E-state index in [1.165, 1.54) is 12.8 Å². The Morgan fingerprint density at radius 1 is 1.38 bits per heavy atom. The normalized spacial score (nSPS) is 23.9. The number of carbonyl (C=O) groups excluding carboxylic acids is 1. The molecular formula is C11H21ClN2O2. The molecule has 1 aliphatic heterocycles. The molecule has 0 radical (unpaired) electrons. The first-order valence-corrected chi connectivity index (χ1v) is 5.92. The third-order valence-corrected chi connectivity index (χ3v) is 3.03. The first-order valence-electron chi connectivity index (χ1n) is 5.92. The molecule has 1 saturated heterocycles. The van der Waals surface area contributed by atoms with Gasteiger partial charge in [-0.15, -0.1) is 12.4 Å². The van der Waals surface area contributed by atoms with Gasteiger partial charge in [0, 0.05) is 19.7 Å². The van der Waals surface area contributed by atoms with Crippen molar-refractivity contribution in [1.82, 2.24) is 10.6 Å². The average Bonchev–Trinajstić information content (AvgIpc) is 2.90. The van der Waals surface area contributed by atoms with Gasteiger partial charge in [-0.3, -0.25) is 4.79 Å². The van der Waals surface area contributed by atoms with Gasteiger partial charge in [0.25, 0.3) is 0 Å². The molecule has 0 aromatic rings. The van der Waals surface area contributed by atoms with Crippen LogP contribution in [0.25, 0.3) is 0 Å². The highest BCUT2D eigenvalue weighted by molar-refractivity contribution is 5.85. The summed E-state index contributed by atoms with van der Waals surface area (Å²) in [5.74, 6) is 1.16. The van der Waals surface area contributed by atoms with E-state index >= 15 is 0 Å². The fourth-order valence-corrected chi connectivity index (χ4v) is 1.80. The number of ether oxygens (including phenoxy) is 1. The minimum absolute atomic E-state index is 0. The zero-order valence-electron chi connectivity index (χ0n) is 9.54. The second-order valence-electron chi connectivity index (χ2n) is 4.50. The predicted molar refractivity (Wildman–Crippen MR) is 64.8 cm³/mol. The van der Waals surface area contributed by atoms with Crippen molar-refractivity contribution in [1.29, 1.82) is 0 Å². The molecule has 5 heteroatoms. The van der Waals surface area contributed by atoms with Crippen LogP contribution in [0.1, 0.15) is 19.3 Å². The van der Waals surface area contributed by atoms with Gasteiger partial charge in [-0.25, -0.2) is 0 Å². The summed E-state index contributed by atoms with van der Waals surface area (Å²) in [7, 11) is 0. The van der Waals surface area contributed by atoms with E-state index < -0.39 is 0 Å². The number of rotatable bonds is 6. The zero-order valence-corrected chi connectivity index (χ0v) is 10.4. The van der Waals surface area contributed by atoms with E-state index in [1.54, 1.807) is 0 Å². The zero-order chi connectivity index (χ0) is 10.5. The highest BCUT2D eigenvalue weighted by Gasteiger charge is 2.22. The summed E-state index contributed by atoms with van der Waals surface area (Å²) in [5, 5.41) is 6.10. The third-order valence-electron chi connectivity index (χ3n) is 3.03. The van der Waals surface area contributed by atoms with E-state index in [0.717, 1.165) is 32.0 Å². The van der Waals surface area contributed by atoms with Crippen LogP contribution in [0.15, 0.2) is 0 Å². The van der Waals surface area contributed by atoms with Gasteiger partial charge in [-0.2, -0.15) is 0 Å². The van der Waals surface area contributed by atoms with Crippen molar-refractivity contribution in [3.63, 3.8) is 0 Å². The number of halogens is 1. The van der Waals surface area contributed by atoms with Crippen LogP contribution in [0.2, 0.25) is 0 Å². The molecule has 94 valence electrons. The second-order valence-corrected chi connectivity index (χ2v) is 4.50. The maximum absolute atomic E-state index is 11.5. The molecule has 1 aliphatic carbocycles. The lowest BCUT2D eigenvalue weighted by atomic mass is 10.1. The summed E-state index contributed by atoms with van der Waals surface area (Å²) in [4.78, 5) is 11.5. The Bertz CT molecular complexity index is 216. The number of hydrogen-bond acceptors (Lipinski definition) is 3. The molecule has 0 spiro atoms. The predicted octanol–water partition coefficient (Wildman–Crippen LogP) is 0.560. The average molecular weight is 249 g/mol. The molecule has 4 nitrogen and oxygen atoms in total. The monoisotopic (exact) mass is 248 g/mol. The maximum atomic E-state index is 11.5. The molecule has 0 aromatic heterocycles. The fraction of sp³-hybridized carbons (Fsp3) is 0.909. The van der Waals surface area contributed by atoms with Crippen LogP contribution in [0.4, 0.5) is 0 Å². The number of hydrogen-bond donors (Lipinski definition) is 2. The molecule has 1 saturated carbocycles. The number of amides is 1. The Morgan fingerprint density at radius 3 is 2.81 bits per heavy atom. The van der Waals surface area contributed by atoms with E-state index in [1.807, 2.05) is 0 Å². The minimum Gasteiger partial charge on any atom is -0.379 e. The molecule has 2 N–H and O–H groups in total. The Labute approximate surface area is 103 Å². The summed E-state index contributed by atoms with van der Waals surface area (Å²) in [6, 6.07) is 0. The van der Waals surface area contributed by atoms with Crippen molar-refractivity contribution < 1.29 is 9.53 Å². The molecule has 2 fully saturated rings. The van der Waals surface area contributed by atoms with Crippen molar-refractivity contribution in [2.75, 3.05) is 32.8 Å². The molecule has 2 rings (SSSR count). The van der Waals surface area contributed by atoms with Crippen molar-refractivity contribution in [3.8, 4) is 0 Å². The van der Waals surface area contributed by atoms with Gasteiger partial charge in [0.05, 0.1) is 12.5 Å². The van der Waals surface area contributed by atoms with Crippen LogP contribution in [0, 0.1) is 11.8 Å². The number of carbonyl (C=O) groups is 1. The Balaban J connectivity index is 0.00000128. The van der Waals surface area contributed by atoms with Crippen molar-refractivity contribution in [2.45, 2.75) is 19.3 Å². The number of nitrogens with one attached hydrogen (secondary N) is 2. The van der Waals surface area contributed by atoms with Gasteiger partial charge in [-0.1, -0.05) is 0 Å². The molecular weight excluding hydrogens is 228 g/mol. The van der Waals surface area contributed by atoms with Gasteiger partial charge in [0.2, 0.25) is 5.91 Å². The van der Waals surface area contributed by atoms with Gasteiger partial charge >= 0.3 is 0 Å². The minimum atomic E-state index is 0. The lowest BCUT2D eigenvalue weighted by Crippen LogP contribution is -2.34. The summed E-state index contributed by atoms with van der Waals surface area (Å²) in [5.41, 5.74) is 0. The molecule has 16 heavy (non-hydrogen) atoms.